The van der Waals surface area contributed by atoms with Gasteiger partial charge in [-0.05, 0) is 60.0 Å². The maximum absolute atomic E-state index is 14.9. The van der Waals surface area contributed by atoms with Crippen LogP contribution in [0.4, 0.5) is 23.4 Å². The molecule has 1 aliphatic rings. The molecule has 214 valence electrons. The van der Waals surface area contributed by atoms with E-state index in [1.54, 1.807) is 17.0 Å². The van der Waals surface area contributed by atoms with Crippen LogP contribution >= 0.6 is 0 Å². The summed E-state index contributed by atoms with van der Waals surface area (Å²) < 4.78 is 53.6. The zero-order valence-corrected chi connectivity index (χ0v) is 22.4. The van der Waals surface area contributed by atoms with Gasteiger partial charge in [-0.25, -0.2) is 14.5 Å². The zero-order chi connectivity index (χ0) is 30.0. The number of hydrogen-bond acceptors (Lipinski definition) is 6. The first-order valence-corrected chi connectivity index (χ1v) is 13.0. The molecule has 0 spiro atoms. The Balaban J connectivity index is 1.37. The molecule has 2 aromatic heterocycles. The van der Waals surface area contributed by atoms with E-state index >= 15 is 0 Å². The lowest BCUT2D eigenvalue weighted by Gasteiger charge is -2.35. The van der Waals surface area contributed by atoms with Gasteiger partial charge in [0.2, 0.25) is 0 Å². The number of hydrogen-bond donors (Lipinski definition) is 1. The summed E-state index contributed by atoms with van der Waals surface area (Å²) in [7, 11) is 0. The number of rotatable bonds is 5. The van der Waals surface area contributed by atoms with Crippen LogP contribution in [0, 0.1) is 17.1 Å². The molecule has 0 unspecified atom stereocenters. The molecule has 12 heteroatoms. The number of carbonyl (C=O) groups is 1. The van der Waals surface area contributed by atoms with E-state index in [0.717, 1.165) is 0 Å². The lowest BCUT2D eigenvalue weighted by molar-refractivity contribution is -0.0793. The second-order valence-corrected chi connectivity index (χ2v) is 9.92. The van der Waals surface area contributed by atoms with E-state index in [0.29, 0.717) is 54.2 Å². The van der Waals surface area contributed by atoms with E-state index in [9.17, 15) is 27.2 Å². The number of aromatic nitrogens is 3. The minimum Gasteiger partial charge on any atom is -0.353 e. The predicted octanol–water partition coefficient (Wildman–Crippen LogP) is 4.85. The minimum absolute atomic E-state index is 0.0274. The Morgan fingerprint density at radius 1 is 1.07 bits per heavy atom. The summed E-state index contributed by atoms with van der Waals surface area (Å²) >= 11 is 0. The van der Waals surface area contributed by atoms with Gasteiger partial charge in [-0.1, -0.05) is 12.1 Å². The Morgan fingerprint density at radius 2 is 1.83 bits per heavy atom. The molecule has 2 aromatic carbocycles. The SMILES string of the molecule is C/C(=C\C(F)(F)F)c1ccc2c(=O)[nH]nc(Cc3ccc(F)c(C(=O)N4CCN(c5ccc(C#N)cn5)CC4)c3)c2c1. The number of pyridine rings is 1. The van der Waals surface area contributed by atoms with Crippen LogP contribution in [-0.4, -0.2) is 58.3 Å². The number of aromatic amines is 1. The van der Waals surface area contributed by atoms with Crippen LogP contribution < -0.4 is 10.5 Å². The predicted molar refractivity (Wildman–Crippen MR) is 148 cm³/mol. The Labute approximate surface area is 237 Å². The van der Waals surface area contributed by atoms with Crippen LogP contribution in [0.15, 0.2) is 65.6 Å². The third kappa shape index (κ3) is 6.15. The number of fused-ring (bicyclic) bond motifs is 1. The summed E-state index contributed by atoms with van der Waals surface area (Å²) in [5.41, 5.74) is 0.980. The molecule has 1 saturated heterocycles. The molecule has 1 fully saturated rings. The van der Waals surface area contributed by atoms with Crippen LogP contribution in [0.5, 0.6) is 0 Å². The van der Waals surface area contributed by atoms with Crippen molar-refractivity contribution in [3.8, 4) is 6.07 Å². The second kappa shape index (κ2) is 11.4. The Bertz CT molecular complexity index is 1780. The monoisotopic (exact) mass is 576 g/mol. The molecule has 0 saturated carbocycles. The molecule has 0 bridgehead atoms. The van der Waals surface area contributed by atoms with Gasteiger partial charge in [-0.15, -0.1) is 0 Å². The first kappa shape index (κ1) is 28.5. The Morgan fingerprint density at radius 3 is 2.50 bits per heavy atom. The molecule has 0 aliphatic carbocycles. The zero-order valence-electron chi connectivity index (χ0n) is 22.4. The Hall–Kier alpha value is -5.05. The van der Waals surface area contributed by atoms with Crippen molar-refractivity contribution in [2.24, 2.45) is 0 Å². The molecule has 1 N–H and O–H groups in total. The van der Waals surface area contributed by atoms with Gasteiger partial charge >= 0.3 is 6.18 Å². The number of H-pyrrole nitrogens is 1. The molecule has 4 aromatic rings. The summed E-state index contributed by atoms with van der Waals surface area (Å²) in [5.74, 6) is -0.479. The number of carbonyl (C=O) groups excluding carboxylic acids is 1. The maximum Gasteiger partial charge on any atom is 0.410 e. The number of nitrogens with zero attached hydrogens (tertiary/aromatic N) is 5. The number of allylic oxidation sites excluding steroid dienone is 2. The lowest BCUT2D eigenvalue weighted by atomic mass is 9.98. The average Bonchev–Trinajstić information content (AvgIpc) is 2.98. The number of piperazine rings is 1. The van der Waals surface area contributed by atoms with Gasteiger partial charge < -0.3 is 9.80 Å². The molecule has 8 nitrogen and oxygen atoms in total. The molecule has 3 heterocycles. The highest BCUT2D eigenvalue weighted by molar-refractivity contribution is 5.95. The molecule has 5 rings (SSSR count). The van der Waals surface area contributed by atoms with E-state index in [-0.39, 0.29) is 34.6 Å². The summed E-state index contributed by atoms with van der Waals surface area (Å²) in [6.07, 6.45) is -2.74. The number of nitrogens with one attached hydrogen (secondary N) is 1. The van der Waals surface area contributed by atoms with E-state index < -0.39 is 23.5 Å². The average molecular weight is 577 g/mol. The maximum atomic E-state index is 14.9. The summed E-state index contributed by atoms with van der Waals surface area (Å²) in [6, 6.07) is 13.9. The van der Waals surface area contributed by atoms with Crippen LogP contribution in [0.2, 0.25) is 0 Å². The highest BCUT2D eigenvalue weighted by atomic mass is 19.4. The minimum atomic E-state index is -4.50. The van der Waals surface area contributed by atoms with Crippen molar-refractivity contribution in [1.82, 2.24) is 20.1 Å². The fourth-order valence-electron chi connectivity index (χ4n) is 4.92. The van der Waals surface area contributed by atoms with E-state index in [1.807, 2.05) is 11.0 Å². The van der Waals surface area contributed by atoms with Crippen LogP contribution in [0.25, 0.3) is 16.3 Å². The van der Waals surface area contributed by atoms with E-state index in [2.05, 4.69) is 15.2 Å². The van der Waals surface area contributed by atoms with Gasteiger partial charge in [0.25, 0.3) is 11.5 Å². The fourth-order valence-corrected chi connectivity index (χ4v) is 4.92. The van der Waals surface area contributed by atoms with Crippen LogP contribution in [0.1, 0.15) is 39.7 Å². The Kier molecular flexibility index (Phi) is 7.76. The molecule has 0 atom stereocenters. The molecule has 1 aliphatic heterocycles. The third-order valence-electron chi connectivity index (χ3n) is 7.10. The molecular formula is C30H24F4N6O2. The first-order valence-electron chi connectivity index (χ1n) is 13.0. The number of anilines is 1. The normalized spacial score (nSPS) is 14.2. The van der Waals surface area contributed by atoms with Crippen molar-refractivity contribution >= 4 is 28.1 Å². The summed E-state index contributed by atoms with van der Waals surface area (Å²) in [6.45, 7) is 2.95. The van der Waals surface area contributed by atoms with Gasteiger partial charge in [-0.2, -0.15) is 23.5 Å². The molecular weight excluding hydrogens is 552 g/mol. The molecule has 0 radical (unpaired) electrons. The number of amides is 1. The summed E-state index contributed by atoms with van der Waals surface area (Å²) in [5, 5.41) is 16.1. The number of halogens is 4. The summed E-state index contributed by atoms with van der Waals surface area (Å²) in [4.78, 5) is 33.5. The van der Waals surface area contributed by atoms with Gasteiger partial charge in [0.1, 0.15) is 17.7 Å². The second-order valence-electron chi connectivity index (χ2n) is 9.92. The highest BCUT2D eigenvalue weighted by Crippen LogP contribution is 2.27. The smallest absolute Gasteiger partial charge is 0.353 e. The highest BCUT2D eigenvalue weighted by Gasteiger charge is 2.26. The number of nitriles is 1. The largest absolute Gasteiger partial charge is 0.410 e. The van der Waals surface area contributed by atoms with Gasteiger partial charge in [-0.3, -0.25) is 9.59 Å². The van der Waals surface area contributed by atoms with Gasteiger partial charge in [0.15, 0.2) is 0 Å². The van der Waals surface area contributed by atoms with Crippen LogP contribution in [-0.2, 0) is 6.42 Å². The standard InChI is InChI=1S/C30H24F4N6O2/c1-18(15-30(32,33)34)21-4-5-22-23(14-21)26(37-38-28(22)41)13-19-2-6-25(31)24(12-19)29(42)40-10-8-39(9-11-40)27-7-3-20(16-35)17-36-27/h2-7,12,14-15,17H,8-11,13H2,1H3,(H,38,41)/b18-15+. The topological polar surface area (TPSA) is 106 Å². The van der Waals surface area contributed by atoms with Gasteiger partial charge in [0, 0.05) is 50.3 Å². The van der Waals surface area contributed by atoms with Gasteiger partial charge in [0.05, 0.1) is 22.2 Å². The number of benzene rings is 2. The van der Waals surface area contributed by atoms with Crippen molar-refractivity contribution in [2.45, 2.75) is 19.5 Å². The van der Waals surface area contributed by atoms with E-state index in [1.165, 1.54) is 49.5 Å². The quantitative estimate of drug-likeness (QED) is 0.341. The van der Waals surface area contributed by atoms with Crippen molar-refractivity contribution in [1.29, 1.82) is 5.26 Å². The number of alkyl halides is 3. The third-order valence-corrected chi connectivity index (χ3v) is 7.10. The fraction of sp³-hybridized carbons (Fsp3) is 0.233. The van der Waals surface area contributed by atoms with Crippen molar-refractivity contribution in [3.05, 3.63) is 105 Å². The van der Waals surface area contributed by atoms with Crippen LogP contribution in [0.3, 0.4) is 0 Å². The van der Waals surface area contributed by atoms with E-state index in [4.69, 9.17) is 5.26 Å². The molecule has 42 heavy (non-hydrogen) atoms. The van der Waals surface area contributed by atoms with Crippen molar-refractivity contribution in [3.63, 3.8) is 0 Å². The van der Waals surface area contributed by atoms with Crippen molar-refractivity contribution in [2.75, 3.05) is 31.1 Å². The molecule has 1 amide bonds. The lowest BCUT2D eigenvalue weighted by Crippen LogP contribution is -2.49. The van der Waals surface area contributed by atoms with Crippen molar-refractivity contribution < 1.29 is 22.4 Å². The first-order chi connectivity index (χ1) is 20.0.